The van der Waals surface area contributed by atoms with E-state index in [2.05, 4.69) is 10.2 Å². The molecule has 0 aliphatic heterocycles. The van der Waals surface area contributed by atoms with Gasteiger partial charge in [-0.15, -0.1) is 10.2 Å². The average molecular weight is 360 g/mol. The van der Waals surface area contributed by atoms with Crippen LogP contribution in [0.4, 0.5) is 0 Å². The molecule has 3 aromatic carbocycles. The second-order valence-electron chi connectivity index (χ2n) is 5.78. The van der Waals surface area contributed by atoms with Gasteiger partial charge in [0.15, 0.2) is 0 Å². The molecule has 0 atom stereocenters. The first kappa shape index (κ1) is 16.5. The Balaban J connectivity index is 1.95. The molecule has 1 heterocycles. The zero-order valence-electron chi connectivity index (χ0n) is 13.8. The van der Waals surface area contributed by atoms with Crippen molar-refractivity contribution >= 4 is 22.7 Å². The van der Waals surface area contributed by atoms with Crippen LogP contribution in [0.1, 0.15) is 20.7 Å². The maximum atomic E-state index is 11.6. The summed E-state index contributed by atoms with van der Waals surface area (Å²) < 4.78 is 5.75. The molecular weight excluding hydrogens is 348 g/mol. The Hall–Kier alpha value is -4.00. The van der Waals surface area contributed by atoms with E-state index < -0.39 is 11.9 Å². The Bertz CT molecular complexity index is 1160. The van der Waals surface area contributed by atoms with Gasteiger partial charge in [0.05, 0.1) is 11.1 Å². The summed E-state index contributed by atoms with van der Waals surface area (Å²) in [6.45, 7) is 0. The molecule has 4 rings (SSSR count). The normalized spacial score (nSPS) is 10.8. The fourth-order valence-electron chi connectivity index (χ4n) is 2.98. The number of carboxylic acid groups (broad SMARTS) is 2. The number of hydrogen-bond donors (Lipinski definition) is 2. The molecule has 0 aliphatic carbocycles. The highest BCUT2D eigenvalue weighted by atomic mass is 16.4. The van der Waals surface area contributed by atoms with Gasteiger partial charge < -0.3 is 14.6 Å². The molecule has 0 saturated carbocycles. The van der Waals surface area contributed by atoms with Crippen molar-refractivity contribution in [2.45, 2.75) is 0 Å². The monoisotopic (exact) mass is 360 g/mol. The second-order valence-corrected chi connectivity index (χ2v) is 5.78. The molecule has 0 spiro atoms. The lowest BCUT2D eigenvalue weighted by molar-refractivity contribution is 0.0695. The van der Waals surface area contributed by atoms with Crippen LogP contribution in [0.15, 0.2) is 65.1 Å². The van der Waals surface area contributed by atoms with Gasteiger partial charge in [0.2, 0.25) is 11.8 Å². The SMILES string of the molecule is O=C(O)c1cccc2c(-c3nnc(-c4ccccc4)o3)ccc(C(=O)O)c12. The van der Waals surface area contributed by atoms with Crippen molar-refractivity contribution in [2.24, 2.45) is 0 Å². The minimum absolute atomic E-state index is 0.102. The lowest BCUT2D eigenvalue weighted by Gasteiger charge is -2.09. The van der Waals surface area contributed by atoms with Crippen LogP contribution in [0.3, 0.4) is 0 Å². The van der Waals surface area contributed by atoms with Crippen molar-refractivity contribution in [3.8, 4) is 22.9 Å². The van der Waals surface area contributed by atoms with E-state index in [-0.39, 0.29) is 22.4 Å². The van der Waals surface area contributed by atoms with Gasteiger partial charge in [0, 0.05) is 16.5 Å². The third-order valence-corrected chi connectivity index (χ3v) is 4.18. The summed E-state index contributed by atoms with van der Waals surface area (Å²) in [6.07, 6.45) is 0. The van der Waals surface area contributed by atoms with E-state index >= 15 is 0 Å². The Kier molecular flexibility index (Phi) is 3.89. The minimum atomic E-state index is -1.21. The van der Waals surface area contributed by atoms with Crippen molar-refractivity contribution in [1.82, 2.24) is 10.2 Å². The third-order valence-electron chi connectivity index (χ3n) is 4.18. The molecule has 7 heteroatoms. The smallest absolute Gasteiger partial charge is 0.336 e. The summed E-state index contributed by atoms with van der Waals surface area (Å²) in [5.74, 6) is -1.93. The van der Waals surface area contributed by atoms with Crippen molar-refractivity contribution < 1.29 is 24.2 Å². The number of fused-ring (bicyclic) bond motifs is 1. The molecule has 0 unspecified atom stereocenters. The highest BCUT2D eigenvalue weighted by molar-refractivity contribution is 6.15. The molecule has 1 aromatic heterocycles. The van der Waals surface area contributed by atoms with Crippen LogP contribution in [0.2, 0.25) is 0 Å². The van der Waals surface area contributed by atoms with E-state index in [1.54, 1.807) is 18.2 Å². The Morgan fingerprint density at radius 3 is 2.11 bits per heavy atom. The number of aromatic carboxylic acids is 2. The fourth-order valence-corrected chi connectivity index (χ4v) is 2.98. The van der Waals surface area contributed by atoms with Crippen molar-refractivity contribution in [3.05, 3.63) is 71.8 Å². The number of carbonyl (C=O) groups is 2. The topological polar surface area (TPSA) is 114 Å². The van der Waals surface area contributed by atoms with Crippen LogP contribution in [0.25, 0.3) is 33.7 Å². The predicted molar refractivity (Wildman–Crippen MR) is 96.6 cm³/mol. The van der Waals surface area contributed by atoms with Gasteiger partial charge in [-0.1, -0.05) is 30.3 Å². The van der Waals surface area contributed by atoms with Gasteiger partial charge in [-0.05, 0) is 35.7 Å². The lowest BCUT2D eigenvalue weighted by atomic mass is 9.95. The van der Waals surface area contributed by atoms with Gasteiger partial charge in [-0.2, -0.15) is 0 Å². The Morgan fingerprint density at radius 2 is 1.41 bits per heavy atom. The molecular formula is C20H12N2O5. The summed E-state index contributed by atoms with van der Waals surface area (Å²) in [5, 5.41) is 27.5. The van der Waals surface area contributed by atoms with Gasteiger partial charge in [0.25, 0.3) is 0 Å². The first-order valence-corrected chi connectivity index (χ1v) is 7.98. The van der Waals surface area contributed by atoms with E-state index in [1.165, 1.54) is 12.1 Å². The predicted octanol–water partition coefficient (Wildman–Crippen LogP) is 3.95. The van der Waals surface area contributed by atoms with Crippen LogP contribution in [-0.2, 0) is 0 Å². The fraction of sp³-hybridized carbons (Fsp3) is 0. The maximum absolute atomic E-state index is 11.6. The number of aromatic nitrogens is 2. The Morgan fingerprint density at radius 1 is 0.741 bits per heavy atom. The van der Waals surface area contributed by atoms with Crippen molar-refractivity contribution in [1.29, 1.82) is 0 Å². The molecule has 0 fully saturated rings. The molecule has 132 valence electrons. The highest BCUT2D eigenvalue weighted by Crippen LogP contribution is 2.33. The van der Waals surface area contributed by atoms with Gasteiger partial charge in [-0.3, -0.25) is 0 Å². The second kappa shape index (κ2) is 6.38. The summed E-state index contributed by atoms with van der Waals surface area (Å²) in [5.41, 5.74) is 1.01. The zero-order valence-corrected chi connectivity index (χ0v) is 13.8. The average Bonchev–Trinajstić information content (AvgIpc) is 3.17. The number of carboxylic acids is 2. The largest absolute Gasteiger partial charge is 0.478 e. The number of hydrogen-bond acceptors (Lipinski definition) is 5. The standard InChI is InChI=1S/C20H12N2O5/c23-19(24)14-8-4-7-12-13(9-10-15(16(12)14)20(25)26)18-22-21-17(27-18)11-5-2-1-3-6-11/h1-10H,(H,23,24)(H,25,26). The van der Waals surface area contributed by atoms with E-state index in [4.69, 9.17) is 4.42 Å². The van der Waals surface area contributed by atoms with Crippen LogP contribution in [0.5, 0.6) is 0 Å². The first-order chi connectivity index (χ1) is 13.1. The quantitative estimate of drug-likeness (QED) is 0.566. The summed E-state index contributed by atoms with van der Waals surface area (Å²) in [6, 6.07) is 16.6. The van der Waals surface area contributed by atoms with E-state index in [9.17, 15) is 19.8 Å². The van der Waals surface area contributed by atoms with Gasteiger partial charge in [-0.25, -0.2) is 9.59 Å². The molecule has 0 amide bonds. The summed E-state index contributed by atoms with van der Waals surface area (Å²) in [4.78, 5) is 23.2. The first-order valence-electron chi connectivity index (χ1n) is 7.98. The van der Waals surface area contributed by atoms with Crippen molar-refractivity contribution in [2.75, 3.05) is 0 Å². The molecule has 4 aromatic rings. The Labute approximate surface area is 152 Å². The summed E-state index contributed by atoms with van der Waals surface area (Å²) >= 11 is 0. The number of nitrogens with zero attached hydrogens (tertiary/aromatic N) is 2. The van der Waals surface area contributed by atoms with E-state index in [0.717, 1.165) is 5.56 Å². The molecule has 0 bridgehead atoms. The lowest BCUT2D eigenvalue weighted by Crippen LogP contribution is -2.04. The zero-order chi connectivity index (χ0) is 19.0. The molecule has 0 radical (unpaired) electrons. The van der Waals surface area contributed by atoms with Crippen LogP contribution in [-0.4, -0.2) is 32.3 Å². The van der Waals surface area contributed by atoms with E-state index in [0.29, 0.717) is 16.8 Å². The van der Waals surface area contributed by atoms with E-state index in [1.807, 2.05) is 30.3 Å². The van der Waals surface area contributed by atoms with Crippen LogP contribution < -0.4 is 0 Å². The highest BCUT2D eigenvalue weighted by Gasteiger charge is 2.21. The maximum Gasteiger partial charge on any atom is 0.336 e. The molecule has 27 heavy (non-hydrogen) atoms. The summed E-state index contributed by atoms with van der Waals surface area (Å²) in [7, 11) is 0. The minimum Gasteiger partial charge on any atom is -0.478 e. The third kappa shape index (κ3) is 2.81. The van der Waals surface area contributed by atoms with Crippen molar-refractivity contribution in [3.63, 3.8) is 0 Å². The molecule has 0 aliphatic rings. The molecule has 7 nitrogen and oxygen atoms in total. The van der Waals surface area contributed by atoms with Gasteiger partial charge in [0.1, 0.15) is 0 Å². The molecule has 0 saturated heterocycles. The van der Waals surface area contributed by atoms with Crippen LogP contribution in [0, 0.1) is 0 Å². The van der Waals surface area contributed by atoms with Gasteiger partial charge >= 0.3 is 11.9 Å². The molecule has 2 N–H and O–H groups in total. The van der Waals surface area contributed by atoms with Crippen LogP contribution >= 0.6 is 0 Å². The number of benzene rings is 3. The number of rotatable bonds is 4.